The Hall–Kier alpha value is -1.35. The van der Waals surface area contributed by atoms with E-state index in [4.69, 9.17) is 5.73 Å². The highest BCUT2D eigenvalue weighted by molar-refractivity contribution is 5.82. The van der Waals surface area contributed by atoms with E-state index < -0.39 is 0 Å². The number of benzene rings is 1. The first-order chi connectivity index (χ1) is 9.13. The normalized spacial score (nSPS) is 24.5. The second-order valence-electron chi connectivity index (χ2n) is 5.53. The second-order valence-corrected chi connectivity index (χ2v) is 5.53. The zero-order valence-electron chi connectivity index (χ0n) is 11.9. The van der Waals surface area contributed by atoms with Crippen molar-refractivity contribution in [3.63, 3.8) is 0 Å². The Morgan fingerprint density at radius 3 is 2.74 bits per heavy atom. The van der Waals surface area contributed by atoms with Gasteiger partial charge in [0.05, 0.1) is 6.04 Å². The summed E-state index contributed by atoms with van der Waals surface area (Å²) in [5.41, 5.74) is 7.22. The number of amides is 1. The molecule has 1 amide bonds. The van der Waals surface area contributed by atoms with Crippen molar-refractivity contribution in [2.24, 2.45) is 11.7 Å². The molecule has 2 N–H and O–H groups in total. The molecule has 3 nitrogen and oxygen atoms in total. The van der Waals surface area contributed by atoms with Crippen LogP contribution in [0.2, 0.25) is 0 Å². The molecular formula is C16H24N2O. The molecule has 1 aromatic carbocycles. The van der Waals surface area contributed by atoms with Gasteiger partial charge in [0.2, 0.25) is 5.91 Å². The molecule has 3 unspecified atom stereocenters. The highest BCUT2D eigenvalue weighted by atomic mass is 16.2. The summed E-state index contributed by atoms with van der Waals surface area (Å²) in [5.74, 6) is 0.668. The van der Waals surface area contributed by atoms with E-state index in [-0.39, 0.29) is 11.9 Å². The summed E-state index contributed by atoms with van der Waals surface area (Å²) >= 11 is 0. The lowest BCUT2D eigenvalue weighted by Gasteiger charge is -2.27. The third kappa shape index (κ3) is 3.16. The summed E-state index contributed by atoms with van der Waals surface area (Å²) in [5, 5.41) is 0. The fourth-order valence-corrected chi connectivity index (χ4v) is 2.89. The predicted molar refractivity (Wildman–Crippen MR) is 77.7 cm³/mol. The molecule has 104 valence electrons. The number of likely N-dealkylation sites (tertiary alicyclic amines) is 1. The molecule has 0 saturated carbocycles. The van der Waals surface area contributed by atoms with E-state index in [2.05, 4.69) is 31.2 Å². The maximum Gasteiger partial charge on any atom is 0.239 e. The van der Waals surface area contributed by atoms with Gasteiger partial charge >= 0.3 is 0 Å². The average molecular weight is 260 g/mol. The van der Waals surface area contributed by atoms with Gasteiger partial charge in [-0.3, -0.25) is 4.79 Å². The third-order valence-corrected chi connectivity index (χ3v) is 4.30. The van der Waals surface area contributed by atoms with E-state index in [0.29, 0.717) is 18.4 Å². The van der Waals surface area contributed by atoms with E-state index in [1.165, 1.54) is 5.56 Å². The van der Waals surface area contributed by atoms with Crippen LogP contribution in [0.25, 0.3) is 0 Å². The molecule has 0 bridgehead atoms. The van der Waals surface area contributed by atoms with Crippen molar-refractivity contribution in [3.8, 4) is 0 Å². The molecule has 3 heteroatoms. The van der Waals surface area contributed by atoms with Crippen LogP contribution in [-0.4, -0.2) is 29.4 Å². The van der Waals surface area contributed by atoms with Gasteiger partial charge in [-0.2, -0.15) is 0 Å². The van der Waals surface area contributed by atoms with Crippen LogP contribution in [0, 0.1) is 5.92 Å². The minimum atomic E-state index is -0.335. The van der Waals surface area contributed by atoms with Gasteiger partial charge in [-0.25, -0.2) is 0 Å². The van der Waals surface area contributed by atoms with E-state index in [0.717, 1.165) is 19.4 Å². The molecule has 1 aromatic rings. The van der Waals surface area contributed by atoms with Crippen molar-refractivity contribution in [2.75, 3.05) is 6.54 Å². The largest absolute Gasteiger partial charge is 0.338 e. The second kappa shape index (κ2) is 6.20. The smallest absolute Gasteiger partial charge is 0.239 e. The number of nitrogens with zero attached hydrogens (tertiary/aromatic N) is 1. The lowest BCUT2D eigenvalue weighted by molar-refractivity contribution is -0.133. The topological polar surface area (TPSA) is 46.3 Å². The average Bonchev–Trinajstić information content (AvgIpc) is 2.80. The molecule has 1 saturated heterocycles. The maximum absolute atomic E-state index is 12.2. The van der Waals surface area contributed by atoms with Crippen LogP contribution in [0.5, 0.6) is 0 Å². The highest BCUT2D eigenvalue weighted by Gasteiger charge is 2.35. The molecule has 0 radical (unpaired) electrons. The zero-order chi connectivity index (χ0) is 13.8. The molecule has 3 atom stereocenters. The zero-order valence-corrected chi connectivity index (χ0v) is 11.9. The van der Waals surface area contributed by atoms with E-state index >= 15 is 0 Å². The minimum Gasteiger partial charge on any atom is -0.338 e. The predicted octanol–water partition coefficient (Wildman–Crippen LogP) is 2.20. The number of rotatable bonds is 4. The summed E-state index contributed by atoms with van der Waals surface area (Å²) < 4.78 is 0. The van der Waals surface area contributed by atoms with Crippen molar-refractivity contribution >= 4 is 5.91 Å². The van der Waals surface area contributed by atoms with Gasteiger partial charge in [0, 0.05) is 12.6 Å². The summed E-state index contributed by atoms with van der Waals surface area (Å²) in [6.07, 6.45) is 2.84. The van der Waals surface area contributed by atoms with Crippen molar-refractivity contribution in [1.82, 2.24) is 4.90 Å². The van der Waals surface area contributed by atoms with Gasteiger partial charge in [-0.05, 0) is 37.7 Å². The number of nitrogens with two attached hydrogens (primary N) is 1. The van der Waals surface area contributed by atoms with Crippen LogP contribution in [0.1, 0.15) is 32.3 Å². The quantitative estimate of drug-likeness (QED) is 0.902. The Morgan fingerprint density at radius 2 is 2.11 bits per heavy atom. The van der Waals surface area contributed by atoms with Crippen LogP contribution < -0.4 is 5.73 Å². The Balaban J connectivity index is 1.98. The molecule has 0 spiro atoms. The van der Waals surface area contributed by atoms with Crippen LogP contribution in [0.15, 0.2) is 30.3 Å². The van der Waals surface area contributed by atoms with Crippen molar-refractivity contribution in [3.05, 3.63) is 35.9 Å². The Kier molecular flexibility index (Phi) is 4.59. The molecule has 19 heavy (non-hydrogen) atoms. The van der Waals surface area contributed by atoms with Crippen LogP contribution in [-0.2, 0) is 11.2 Å². The van der Waals surface area contributed by atoms with Crippen molar-refractivity contribution < 1.29 is 4.79 Å². The molecular weight excluding hydrogens is 236 g/mol. The lowest BCUT2D eigenvalue weighted by Crippen LogP contribution is -2.45. The first kappa shape index (κ1) is 14.1. The molecule has 1 aliphatic heterocycles. The summed E-state index contributed by atoms with van der Waals surface area (Å²) in [6, 6.07) is 10.5. The summed E-state index contributed by atoms with van der Waals surface area (Å²) in [4.78, 5) is 14.2. The molecule has 0 aliphatic carbocycles. The van der Waals surface area contributed by atoms with E-state index in [1.807, 2.05) is 17.9 Å². The number of carbonyl (C=O) groups is 1. The van der Waals surface area contributed by atoms with Gasteiger partial charge in [0.15, 0.2) is 0 Å². The van der Waals surface area contributed by atoms with Gasteiger partial charge < -0.3 is 10.6 Å². The molecule has 1 aliphatic rings. The Bertz CT molecular complexity index is 418. The number of carbonyl (C=O) groups excluding carboxylic acids is 1. The summed E-state index contributed by atoms with van der Waals surface area (Å²) in [6.45, 7) is 4.97. The van der Waals surface area contributed by atoms with Gasteiger partial charge in [0.25, 0.3) is 0 Å². The minimum absolute atomic E-state index is 0.116. The molecule has 1 fully saturated rings. The number of hydrogen-bond donors (Lipinski definition) is 1. The first-order valence-electron chi connectivity index (χ1n) is 7.23. The highest BCUT2D eigenvalue weighted by Crippen LogP contribution is 2.28. The lowest BCUT2D eigenvalue weighted by atomic mass is 9.93. The molecule has 1 heterocycles. The van der Waals surface area contributed by atoms with Gasteiger partial charge in [-0.1, -0.05) is 37.3 Å². The van der Waals surface area contributed by atoms with Crippen LogP contribution in [0.3, 0.4) is 0 Å². The standard InChI is InChI=1S/C16H24N2O/c1-3-15(17)16(19)18-10-9-14(12(18)2)11-13-7-5-4-6-8-13/h4-8,12,14-15H,3,9-11,17H2,1-2H3. The van der Waals surface area contributed by atoms with E-state index in [1.54, 1.807) is 0 Å². The van der Waals surface area contributed by atoms with Gasteiger partial charge in [0.1, 0.15) is 0 Å². The SMILES string of the molecule is CCC(N)C(=O)N1CCC(Cc2ccccc2)C1C. The van der Waals surface area contributed by atoms with Gasteiger partial charge in [-0.15, -0.1) is 0 Å². The fourth-order valence-electron chi connectivity index (χ4n) is 2.89. The van der Waals surface area contributed by atoms with Crippen LogP contribution >= 0.6 is 0 Å². The van der Waals surface area contributed by atoms with Crippen molar-refractivity contribution in [1.29, 1.82) is 0 Å². The van der Waals surface area contributed by atoms with Crippen LogP contribution in [0.4, 0.5) is 0 Å². The third-order valence-electron chi connectivity index (χ3n) is 4.30. The monoisotopic (exact) mass is 260 g/mol. The number of hydrogen-bond acceptors (Lipinski definition) is 2. The molecule has 2 rings (SSSR count). The Labute approximate surface area is 115 Å². The van der Waals surface area contributed by atoms with Crippen molar-refractivity contribution in [2.45, 2.75) is 45.2 Å². The first-order valence-corrected chi connectivity index (χ1v) is 7.23. The fraction of sp³-hybridized carbons (Fsp3) is 0.562. The Morgan fingerprint density at radius 1 is 1.42 bits per heavy atom. The van der Waals surface area contributed by atoms with E-state index in [9.17, 15) is 4.79 Å². The summed E-state index contributed by atoms with van der Waals surface area (Å²) in [7, 11) is 0. The molecule has 0 aromatic heterocycles. The maximum atomic E-state index is 12.2.